The zero-order chi connectivity index (χ0) is 29.2. The second-order valence-corrected chi connectivity index (χ2v) is 9.13. The average molecular weight is 559 g/mol. The molecule has 4 atom stereocenters. The van der Waals surface area contributed by atoms with Crippen molar-refractivity contribution < 1.29 is 49.3 Å². The summed E-state index contributed by atoms with van der Waals surface area (Å²) in [4.78, 5) is 25.0. The topological polar surface area (TPSA) is 187 Å². The van der Waals surface area contributed by atoms with Crippen molar-refractivity contribution in [1.29, 1.82) is 0 Å². The fourth-order valence-corrected chi connectivity index (χ4v) is 3.28. The van der Waals surface area contributed by atoms with Gasteiger partial charge < -0.3 is 50.4 Å². The molecule has 12 nitrogen and oxygen atoms in total. The second-order valence-electron chi connectivity index (χ2n) is 9.13. The van der Waals surface area contributed by atoms with E-state index in [2.05, 4.69) is 17.6 Å². The van der Waals surface area contributed by atoms with Gasteiger partial charge in [0.05, 0.1) is 26.4 Å². The van der Waals surface area contributed by atoms with E-state index >= 15 is 0 Å². The summed E-state index contributed by atoms with van der Waals surface area (Å²) in [6.45, 7) is 6.56. The SMILES string of the molecule is CCCCOc1cc(C(=O)NCCNC(=O)[C@@H](O)[C@H](O)[C@@H](O)[C@@H](O)CO)cc(OCCCC)c1OCCCC. The molecule has 224 valence electrons. The zero-order valence-electron chi connectivity index (χ0n) is 23.2. The van der Waals surface area contributed by atoms with Crippen LogP contribution in [0.25, 0.3) is 0 Å². The third-order valence-electron chi connectivity index (χ3n) is 5.77. The molecule has 2 amide bonds. The molecule has 12 heteroatoms. The first-order valence-electron chi connectivity index (χ1n) is 13.7. The molecule has 1 aromatic rings. The standard InChI is InChI=1S/C27H46N2O10/c1-4-7-12-37-20-15-18(16-21(38-13-8-5-2)25(20)39-14-9-6-3)26(35)28-10-11-29-27(36)24(34)23(33)22(32)19(31)17-30/h15-16,19,22-24,30-34H,4-14,17H2,1-3H3,(H,28,35)(H,29,36)/t19-,22-,23+,24-/m0/s1. The number of aliphatic hydroxyl groups excluding tert-OH is 5. The Hall–Kier alpha value is -2.64. The highest BCUT2D eigenvalue weighted by molar-refractivity contribution is 5.95. The molecule has 7 N–H and O–H groups in total. The number of hydrogen-bond acceptors (Lipinski definition) is 10. The molecule has 0 saturated carbocycles. The lowest BCUT2D eigenvalue weighted by Crippen LogP contribution is -2.52. The number of aliphatic hydroxyl groups is 5. The van der Waals surface area contributed by atoms with Crippen LogP contribution in [0.1, 0.15) is 69.7 Å². The summed E-state index contributed by atoms with van der Waals surface area (Å²) < 4.78 is 17.9. The molecule has 39 heavy (non-hydrogen) atoms. The number of ether oxygens (including phenoxy) is 3. The summed E-state index contributed by atoms with van der Waals surface area (Å²) in [7, 11) is 0. The third kappa shape index (κ3) is 12.0. The Morgan fingerprint density at radius 3 is 1.74 bits per heavy atom. The molecule has 0 radical (unpaired) electrons. The maximum Gasteiger partial charge on any atom is 0.251 e. The van der Waals surface area contributed by atoms with Crippen molar-refractivity contribution in [2.75, 3.05) is 39.5 Å². The van der Waals surface area contributed by atoms with Crippen LogP contribution in [-0.2, 0) is 4.79 Å². The van der Waals surface area contributed by atoms with E-state index in [9.17, 15) is 30.0 Å². The Bertz CT molecular complexity index is 823. The predicted octanol–water partition coefficient (Wildman–Crippen LogP) is 0.505. The number of carbonyl (C=O) groups is 2. The molecule has 0 heterocycles. The molecule has 1 rings (SSSR count). The molecule has 0 aliphatic heterocycles. The average Bonchev–Trinajstić information content (AvgIpc) is 2.94. The van der Waals surface area contributed by atoms with E-state index in [1.165, 1.54) is 0 Å². The number of benzene rings is 1. The Balaban J connectivity index is 2.90. The van der Waals surface area contributed by atoms with Crippen LogP contribution in [0.3, 0.4) is 0 Å². The van der Waals surface area contributed by atoms with Gasteiger partial charge in [-0.15, -0.1) is 0 Å². The van der Waals surface area contributed by atoms with Gasteiger partial charge in [0.15, 0.2) is 17.6 Å². The van der Waals surface area contributed by atoms with Gasteiger partial charge in [-0.3, -0.25) is 9.59 Å². The normalized spacial score (nSPS) is 14.2. The lowest BCUT2D eigenvalue weighted by Gasteiger charge is -2.24. The minimum atomic E-state index is -2.05. The van der Waals surface area contributed by atoms with Crippen molar-refractivity contribution in [1.82, 2.24) is 10.6 Å². The van der Waals surface area contributed by atoms with Crippen LogP contribution in [0.2, 0.25) is 0 Å². The molecule has 0 saturated heterocycles. The Morgan fingerprint density at radius 2 is 1.26 bits per heavy atom. The van der Waals surface area contributed by atoms with Gasteiger partial charge in [-0.25, -0.2) is 0 Å². The van der Waals surface area contributed by atoms with E-state index in [-0.39, 0.29) is 18.7 Å². The van der Waals surface area contributed by atoms with Gasteiger partial charge in [-0.05, 0) is 31.4 Å². The summed E-state index contributed by atoms with van der Waals surface area (Å²) in [5, 5.41) is 52.5. The molecule has 0 bridgehead atoms. The lowest BCUT2D eigenvalue weighted by atomic mass is 10.0. The largest absolute Gasteiger partial charge is 0.490 e. The Kier molecular flexibility index (Phi) is 17.1. The van der Waals surface area contributed by atoms with E-state index in [0.29, 0.717) is 37.1 Å². The fraction of sp³-hybridized carbons (Fsp3) is 0.704. The molecular weight excluding hydrogens is 512 g/mol. The Labute approximate surface area is 230 Å². The number of unbranched alkanes of at least 4 members (excludes halogenated alkanes) is 3. The van der Waals surface area contributed by atoms with E-state index in [1.807, 2.05) is 13.8 Å². The van der Waals surface area contributed by atoms with Crippen molar-refractivity contribution in [3.8, 4) is 17.2 Å². The number of nitrogens with one attached hydrogen (secondary N) is 2. The lowest BCUT2D eigenvalue weighted by molar-refractivity contribution is -0.148. The van der Waals surface area contributed by atoms with E-state index in [4.69, 9.17) is 19.3 Å². The maximum atomic E-state index is 12.9. The molecule has 0 aliphatic carbocycles. The number of rotatable bonds is 21. The van der Waals surface area contributed by atoms with Crippen LogP contribution in [0, 0.1) is 0 Å². The molecular formula is C27H46N2O10. The van der Waals surface area contributed by atoms with Gasteiger partial charge in [-0.2, -0.15) is 0 Å². The number of amides is 2. The molecule has 1 aromatic carbocycles. The molecule has 0 unspecified atom stereocenters. The maximum absolute atomic E-state index is 12.9. The first kappa shape index (κ1) is 34.4. The first-order chi connectivity index (χ1) is 18.7. The van der Waals surface area contributed by atoms with Gasteiger partial charge in [0, 0.05) is 18.7 Å². The minimum absolute atomic E-state index is 0.0119. The van der Waals surface area contributed by atoms with E-state index < -0.39 is 42.8 Å². The van der Waals surface area contributed by atoms with Gasteiger partial charge in [0.1, 0.15) is 18.3 Å². The summed E-state index contributed by atoms with van der Waals surface area (Å²) in [5.41, 5.74) is 0.277. The minimum Gasteiger partial charge on any atom is -0.490 e. The van der Waals surface area contributed by atoms with Crippen molar-refractivity contribution in [2.24, 2.45) is 0 Å². The molecule has 0 aromatic heterocycles. The van der Waals surface area contributed by atoms with Crippen LogP contribution in [0.15, 0.2) is 12.1 Å². The summed E-state index contributed by atoms with van der Waals surface area (Å²) in [6, 6.07) is 3.18. The van der Waals surface area contributed by atoms with Crippen molar-refractivity contribution in [2.45, 2.75) is 83.7 Å². The van der Waals surface area contributed by atoms with E-state index in [1.54, 1.807) is 12.1 Å². The number of hydrogen-bond donors (Lipinski definition) is 7. The zero-order valence-corrected chi connectivity index (χ0v) is 23.2. The third-order valence-corrected chi connectivity index (χ3v) is 5.77. The van der Waals surface area contributed by atoms with Gasteiger partial charge >= 0.3 is 0 Å². The van der Waals surface area contributed by atoms with Gasteiger partial charge in [0.25, 0.3) is 11.8 Å². The monoisotopic (exact) mass is 558 g/mol. The fourth-order valence-electron chi connectivity index (χ4n) is 3.28. The first-order valence-corrected chi connectivity index (χ1v) is 13.7. The van der Waals surface area contributed by atoms with Crippen LogP contribution in [0.5, 0.6) is 17.2 Å². The molecule has 0 fully saturated rings. The van der Waals surface area contributed by atoms with Crippen molar-refractivity contribution in [3.05, 3.63) is 17.7 Å². The number of carbonyl (C=O) groups excluding carboxylic acids is 2. The van der Waals surface area contributed by atoms with Crippen LogP contribution >= 0.6 is 0 Å². The summed E-state index contributed by atoms with van der Waals surface area (Å²) in [5.74, 6) is -0.194. The van der Waals surface area contributed by atoms with Crippen LogP contribution < -0.4 is 24.8 Å². The highest BCUT2D eigenvalue weighted by Gasteiger charge is 2.34. The van der Waals surface area contributed by atoms with Crippen molar-refractivity contribution >= 4 is 11.8 Å². The molecule has 0 aliphatic rings. The van der Waals surface area contributed by atoms with Crippen molar-refractivity contribution in [3.63, 3.8) is 0 Å². The predicted molar refractivity (Wildman–Crippen MR) is 144 cm³/mol. The van der Waals surface area contributed by atoms with Crippen LogP contribution in [-0.4, -0.2) is 101 Å². The van der Waals surface area contributed by atoms with Gasteiger partial charge in [0.2, 0.25) is 5.75 Å². The summed E-state index contributed by atoms with van der Waals surface area (Å²) in [6.07, 6.45) is -2.39. The second kappa shape index (κ2) is 19.4. The van der Waals surface area contributed by atoms with Crippen LogP contribution in [0.4, 0.5) is 0 Å². The van der Waals surface area contributed by atoms with E-state index in [0.717, 1.165) is 38.5 Å². The van der Waals surface area contributed by atoms with Gasteiger partial charge in [-0.1, -0.05) is 40.0 Å². The Morgan fingerprint density at radius 1 is 0.769 bits per heavy atom. The summed E-state index contributed by atoms with van der Waals surface area (Å²) >= 11 is 0. The highest BCUT2D eigenvalue weighted by atomic mass is 16.5. The smallest absolute Gasteiger partial charge is 0.251 e. The molecule has 0 spiro atoms. The quantitative estimate of drug-likeness (QED) is 0.105. The highest BCUT2D eigenvalue weighted by Crippen LogP contribution is 2.39.